The van der Waals surface area contributed by atoms with E-state index in [4.69, 9.17) is 0 Å². The van der Waals surface area contributed by atoms with Crippen LogP contribution in [0.3, 0.4) is 0 Å². The number of aromatic hydroxyl groups is 1. The minimum absolute atomic E-state index is 0.262. The van der Waals surface area contributed by atoms with Crippen molar-refractivity contribution in [1.82, 2.24) is 0 Å². The summed E-state index contributed by atoms with van der Waals surface area (Å²) >= 11 is 0. The molecule has 0 saturated heterocycles. The number of rotatable bonds is 5. The van der Waals surface area contributed by atoms with Gasteiger partial charge in [-0.25, -0.2) is 0 Å². The molecule has 0 aromatic heterocycles. The van der Waals surface area contributed by atoms with Crippen molar-refractivity contribution < 1.29 is 5.11 Å². The number of anilines is 1. The lowest BCUT2D eigenvalue weighted by Gasteiger charge is -2.21. The van der Waals surface area contributed by atoms with E-state index in [0.717, 1.165) is 35.6 Å². The van der Waals surface area contributed by atoms with Crippen molar-refractivity contribution in [3.8, 4) is 5.75 Å². The number of hydrogen-bond acceptors (Lipinski definition) is 3. The summed E-state index contributed by atoms with van der Waals surface area (Å²) in [6.45, 7) is 10.2. The van der Waals surface area contributed by atoms with Crippen LogP contribution >= 0.6 is 0 Å². The molecule has 0 spiro atoms. The molecule has 22 heavy (non-hydrogen) atoms. The number of benzene rings is 2. The SMILES string of the molecule is CCN(CC)c1ccc(C=Nc2ccc(C)cc2C)c(O)c1. The van der Waals surface area contributed by atoms with Crippen LogP contribution in [0.4, 0.5) is 11.4 Å². The minimum atomic E-state index is 0.262. The fraction of sp³-hybridized carbons (Fsp3) is 0.316. The smallest absolute Gasteiger partial charge is 0.126 e. The van der Waals surface area contributed by atoms with Gasteiger partial charge in [-0.3, -0.25) is 4.99 Å². The van der Waals surface area contributed by atoms with Crippen LogP contribution in [0.25, 0.3) is 0 Å². The van der Waals surface area contributed by atoms with Crippen molar-refractivity contribution >= 4 is 17.6 Å². The fourth-order valence-corrected chi connectivity index (χ4v) is 2.52. The second kappa shape index (κ2) is 7.12. The standard InChI is InChI=1S/C19H24N2O/c1-5-21(6-2)17-9-8-16(19(22)12-17)13-20-18-10-7-14(3)11-15(18)4/h7-13,22H,5-6H2,1-4H3. The Bertz CT molecular complexity index is 673. The molecule has 0 heterocycles. The van der Waals surface area contributed by atoms with Gasteiger partial charge in [-0.15, -0.1) is 0 Å². The Morgan fingerprint density at radius 3 is 2.36 bits per heavy atom. The molecule has 0 saturated carbocycles. The molecule has 0 radical (unpaired) electrons. The molecule has 0 aliphatic rings. The summed E-state index contributed by atoms with van der Waals surface area (Å²) in [5, 5.41) is 10.2. The molecular formula is C19H24N2O. The van der Waals surface area contributed by atoms with E-state index >= 15 is 0 Å². The van der Waals surface area contributed by atoms with Gasteiger partial charge in [-0.2, -0.15) is 0 Å². The lowest BCUT2D eigenvalue weighted by atomic mass is 10.1. The Balaban J connectivity index is 2.24. The minimum Gasteiger partial charge on any atom is -0.507 e. The van der Waals surface area contributed by atoms with Gasteiger partial charge in [0, 0.05) is 36.6 Å². The first-order chi connectivity index (χ1) is 10.5. The second-order valence-corrected chi connectivity index (χ2v) is 5.46. The average Bonchev–Trinajstić information content (AvgIpc) is 2.49. The van der Waals surface area contributed by atoms with E-state index in [9.17, 15) is 5.11 Å². The largest absolute Gasteiger partial charge is 0.507 e. The summed E-state index contributed by atoms with van der Waals surface area (Å²) in [5.41, 5.74) is 5.05. The molecular weight excluding hydrogens is 272 g/mol. The fourth-order valence-electron chi connectivity index (χ4n) is 2.52. The normalized spacial score (nSPS) is 11.1. The predicted molar refractivity (Wildman–Crippen MR) is 94.8 cm³/mol. The molecule has 1 N–H and O–H groups in total. The van der Waals surface area contributed by atoms with Gasteiger partial charge in [0.05, 0.1) is 5.69 Å². The molecule has 0 aliphatic carbocycles. The van der Waals surface area contributed by atoms with Gasteiger partial charge in [-0.05, 0) is 51.5 Å². The molecule has 3 nitrogen and oxygen atoms in total. The first-order valence-corrected chi connectivity index (χ1v) is 7.74. The Kier molecular flexibility index (Phi) is 5.21. The van der Waals surface area contributed by atoms with Crippen LogP contribution in [-0.2, 0) is 0 Å². The average molecular weight is 296 g/mol. The van der Waals surface area contributed by atoms with E-state index < -0.39 is 0 Å². The highest BCUT2D eigenvalue weighted by Gasteiger charge is 2.05. The Labute approximate surface area is 132 Å². The Hall–Kier alpha value is -2.29. The highest BCUT2D eigenvalue weighted by atomic mass is 16.3. The summed E-state index contributed by atoms with van der Waals surface area (Å²) in [6, 6.07) is 11.9. The highest BCUT2D eigenvalue weighted by molar-refractivity contribution is 5.86. The van der Waals surface area contributed by atoms with Gasteiger partial charge in [0.15, 0.2) is 0 Å². The van der Waals surface area contributed by atoms with Gasteiger partial charge in [0.1, 0.15) is 5.75 Å². The van der Waals surface area contributed by atoms with Gasteiger partial charge in [0.2, 0.25) is 0 Å². The maximum atomic E-state index is 10.2. The molecule has 0 aliphatic heterocycles. The van der Waals surface area contributed by atoms with Crippen LogP contribution in [0.1, 0.15) is 30.5 Å². The molecule has 3 heteroatoms. The van der Waals surface area contributed by atoms with Crippen molar-refractivity contribution in [3.05, 3.63) is 53.1 Å². The van der Waals surface area contributed by atoms with E-state index in [1.165, 1.54) is 5.56 Å². The van der Waals surface area contributed by atoms with E-state index in [1.54, 1.807) is 12.3 Å². The summed E-state index contributed by atoms with van der Waals surface area (Å²) < 4.78 is 0. The Morgan fingerprint density at radius 1 is 1.05 bits per heavy atom. The first kappa shape index (κ1) is 16.1. The molecule has 0 fully saturated rings. The molecule has 2 rings (SSSR count). The van der Waals surface area contributed by atoms with Crippen molar-refractivity contribution in [2.24, 2.45) is 4.99 Å². The molecule has 0 bridgehead atoms. The van der Waals surface area contributed by atoms with Crippen molar-refractivity contribution in [1.29, 1.82) is 0 Å². The van der Waals surface area contributed by atoms with E-state index in [1.807, 2.05) is 31.2 Å². The lowest BCUT2D eigenvalue weighted by Crippen LogP contribution is -2.21. The zero-order valence-corrected chi connectivity index (χ0v) is 13.8. The Morgan fingerprint density at radius 2 is 1.77 bits per heavy atom. The number of phenols is 1. The maximum Gasteiger partial charge on any atom is 0.126 e. The van der Waals surface area contributed by atoms with Crippen LogP contribution in [0.5, 0.6) is 5.75 Å². The van der Waals surface area contributed by atoms with Crippen LogP contribution in [0.2, 0.25) is 0 Å². The molecule has 0 atom stereocenters. The molecule has 116 valence electrons. The van der Waals surface area contributed by atoms with Crippen molar-refractivity contribution in [2.45, 2.75) is 27.7 Å². The van der Waals surface area contributed by atoms with Crippen molar-refractivity contribution in [3.63, 3.8) is 0 Å². The zero-order chi connectivity index (χ0) is 16.1. The maximum absolute atomic E-state index is 10.2. The third kappa shape index (κ3) is 3.67. The van der Waals surface area contributed by atoms with Crippen LogP contribution in [0, 0.1) is 13.8 Å². The third-order valence-corrected chi connectivity index (χ3v) is 3.84. The summed E-state index contributed by atoms with van der Waals surface area (Å²) in [4.78, 5) is 6.69. The summed E-state index contributed by atoms with van der Waals surface area (Å²) in [6.07, 6.45) is 1.72. The van der Waals surface area contributed by atoms with E-state index in [0.29, 0.717) is 0 Å². The van der Waals surface area contributed by atoms with Gasteiger partial charge in [-0.1, -0.05) is 17.7 Å². The van der Waals surface area contributed by atoms with Gasteiger partial charge in [0.25, 0.3) is 0 Å². The van der Waals surface area contributed by atoms with E-state index in [-0.39, 0.29) is 5.75 Å². The van der Waals surface area contributed by atoms with Crippen LogP contribution in [0.15, 0.2) is 41.4 Å². The lowest BCUT2D eigenvalue weighted by molar-refractivity contribution is 0.474. The predicted octanol–water partition coefficient (Wildman–Crippen LogP) is 4.61. The molecule has 2 aromatic carbocycles. The first-order valence-electron chi connectivity index (χ1n) is 7.74. The third-order valence-electron chi connectivity index (χ3n) is 3.84. The van der Waals surface area contributed by atoms with Crippen molar-refractivity contribution in [2.75, 3.05) is 18.0 Å². The van der Waals surface area contributed by atoms with E-state index in [2.05, 4.69) is 36.7 Å². The van der Waals surface area contributed by atoms with Crippen LogP contribution in [-0.4, -0.2) is 24.4 Å². The second-order valence-electron chi connectivity index (χ2n) is 5.46. The van der Waals surface area contributed by atoms with Crippen LogP contribution < -0.4 is 4.90 Å². The number of hydrogen-bond donors (Lipinski definition) is 1. The number of aryl methyl sites for hydroxylation is 2. The molecule has 2 aromatic rings. The number of aliphatic imine (C=N–C) groups is 1. The molecule has 0 amide bonds. The quantitative estimate of drug-likeness (QED) is 0.818. The van der Waals surface area contributed by atoms with Gasteiger partial charge >= 0.3 is 0 Å². The summed E-state index contributed by atoms with van der Waals surface area (Å²) in [7, 11) is 0. The summed E-state index contributed by atoms with van der Waals surface area (Å²) in [5.74, 6) is 0.262. The van der Waals surface area contributed by atoms with Gasteiger partial charge < -0.3 is 10.0 Å². The topological polar surface area (TPSA) is 35.8 Å². The number of nitrogens with zero attached hydrogens (tertiary/aromatic N) is 2. The zero-order valence-electron chi connectivity index (χ0n) is 13.8. The number of phenolic OH excluding ortho intramolecular Hbond substituents is 1. The highest BCUT2D eigenvalue weighted by Crippen LogP contribution is 2.25. The molecule has 0 unspecified atom stereocenters. The monoisotopic (exact) mass is 296 g/mol.